The lowest BCUT2D eigenvalue weighted by molar-refractivity contribution is -0.138. The molecule has 1 fully saturated rings. The van der Waals surface area contributed by atoms with Crippen LogP contribution in [-0.2, 0) is 4.79 Å². The normalized spacial score (nSPS) is 20.3. The van der Waals surface area contributed by atoms with Gasteiger partial charge < -0.3 is 5.11 Å². The van der Waals surface area contributed by atoms with Crippen LogP contribution in [0.15, 0.2) is 0 Å². The average molecular weight is 302 g/mol. The first kappa shape index (κ1) is 15.8. The molecule has 1 N–H and O–H groups in total. The average Bonchev–Trinajstić information content (AvgIpc) is 2.87. The van der Waals surface area contributed by atoms with E-state index in [0.29, 0.717) is 25.1 Å². The zero-order chi connectivity index (χ0) is 15.5. The van der Waals surface area contributed by atoms with Crippen molar-refractivity contribution in [3.63, 3.8) is 0 Å². The predicted octanol–water partition coefficient (Wildman–Crippen LogP) is 2.78. The number of alkyl halides is 2. The molecule has 0 amide bonds. The van der Waals surface area contributed by atoms with E-state index in [1.807, 2.05) is 6.92 Å². The molecule has 21 heavy (non-hydrogen) atoms. The van der Waals surface area contributed by atoms with Gasteiger partial charge in [-0.3, -0.25) is 4.79 Å². The molecule has 1 aliphatic rings. The highest BCUT2D eigenvalue weighted by atomic mass is 19.3. The van der Waals surface area contributed by atoms with Gasteiger partial charge in [-0.2, -0.15) is 0 Å². The van der Waals surface area contributed by atoms with Crippen LogP contribution >= 0.6 is 0 Å². The quantitative estimate of drug-likeness (QED) is 0.874. The number of halogens is 2. The van der Waals surface area contributed by atoms with E-state index in [9.17, 15) is 13.6 Å². The van der Waals surface area contributed by atoms with E-state index in [4.69, 9.17) is 5.11 Å². The van der Waals surface area contributed by atoms with Gasteiger partial charge in [0, 0.05) is 18.8 Å². The number of carbonyl (C=O) groups is 1. The number of rotatable bonds is 6. The molecule has 0 aromatic carbocycles. The molecule has 1 atom stereocenters. The van der Waals surface area contributed by atoms with Gasteiger partial charge in [0.1, 0.15) is 0 Å². The summed E-state index contributed by atoms with van der Waals surface area (Å²) in [6, 6.07) is -0.320. The number of tetrazole rings is 1. The summed E-state index contributed by atoms with van der Waals surface area (Å²) in [5.74, 6) is -3.08. The smallest absolute Gasteiger partial charge is 0.305 e. The Morgan fingerprint density at radius 2 is 2.14 bits per heavy atom. The number of nitrogens with zero attached hydrogens (tertiary/aromatic N) is 4. The molecule has 1 aromatic rings. The fourth-order valence-electron chi connectivity index (χ4n) is 2.87. The second-order valence-electron chi connectivity index (χ2n) is 5.65. The first-order valence-corrected chi connectivity index (χ1v) is 7.30. The summed E-state index contributed by atoms with van der Waals surface area (Å²) in [5.41, 5.74) is 0. The highest BCUT2D eigenvalue weighted by Gasteiger charge is 2.37. The minimum Gasteiger partial charge on any atom is -0.481 e. The van der Waals surface area contributed by atoms with Crippen molar-refractivity contribution in [3.05, 3.63) is 5.82 Å². The second-order valence-corrected chi connectivity index (χ2v) is 5.65. The van der Waals surface area contributed by atoms with Gasteiger partial charge in [0.15, 0.2) is 5.82 Å². The molecule has 2 rings (SSSR count). The fraction of sp³-hybridized carbons (Fsp3) is 0.846. The molecule has 0 spiro atoms. The summed E-state index contributed by atoms with van der Waals surface area (Å²) in [6.07, 6.45) is 1.73. The van der Waals surface area contributed by atoms with E-state index in [0.717, 1.165) is 6.42 Å². The molecule has 1 aromatic heterocycles. The maximum Gasteiger partial charge on any atom is 0.305 e. The van der Waals surface area contributed by atoms with Gasteiger partial charge in [-0.25, -0.2) is 13.5 Å². The summed E-state index contributed by atoms with van der Waals surface area (Å²) < 4.78 is 28.0. The van der Waals surface area contributed by atoms with Gasteiger partial charge in [-0.05, 0) is 29.7 Å². The molecular formula is C13H20F2N4O2. The highest BCUT2D eigenvalue weighted by Crippen LogP contribution is 2.40. The fourth-order valence-corrected chi connectivity index (χ4v) is 2.87. The largest absolute Gasteiger partial charge is 0.481 e. The van der Waals surface area contributed by atoms with Crippen molar-refractivity contribution < 1.29 is 18.7 Å². The third-order valence-corrected chi connectivity index (χ3v) is 3.98. The van der Waals surface area contributed by atoms with Crippen molar-refractivity contribution in [2.45, 2.75) is 69.8 Å². The third kappa shape index (κ3) is 3.95. The molecule has 0 bridgehead atoms. The molecule has 1 heterocycles. The number of hydrogen-bond donors (Lipinski definition) is 1. The van der Waals surface area contributed by atoms with Crippen LogP contribution in [0.1, 0.15) is 69.7 Å². The lowest BCUT2D eigenvalue weighted by Gasteiger charge is -2.28. The van der Waals surface area contributed by atoms with Crippen LogP contribution in [0.5, 0.6) is 0 Å². The van der Waals surface area contributed by atoms with Crippen LogP contribution in [0.4, 0.5) is 8.78 Å². The van der Waals surface area contributed by atoms with E-state index < -0.39 is 11.9 Å². The Hall–Kier alpha value is -1.60. The summed E-state index contributed by atoms with van der Waals surface area (Å²) in [7, 11) is 0. The third-order valence-electron chi connectivity index (χ3n) is 3.98. The molecule has 0 aliphatic heterocycles. The van der Waals surface area contributed by atoms with Crippen LogP contribution in [0.25, 0.3) is 0 Å². The van der Waals surface area contributed by atoms with Gasteiger partial charge in [-0.15, -0.1) is 5.10 Å². The molecule has 0 saturated heterocycles. The maximum atomic E-state index is 13.2. The lowest BCUT2D eigenvalue weighted by Crippen LogP contribution is -2.26. The van der Waals surface area contributed by atoms with Crippen LogP contribution in [0, 0.1) is 0 Å². The van der Waals surface area contributed by atoms with Crippen molar-refractivity contribution in [1.82, 2.24) is 20.2 Å². The van der Waals surface area contributed by atoms with Gasteiger partial charge in [0.05, 0.1) is 12.5 Å². The summed E-state index contributed by atoms with van der Waals surface area (Å²) in [6.45, 7) is 1.96. The van der Waals surface area contributed by atoms with E-state index in [1.165, 1.54) is 4.68 Å². The van der Waals surface area contributed by atoms with Crippen LogP contribution < -0.4 is 0 Å². The molecular weight excluding hydrogens is 282 g/mol. The number of carboxylic acids is 1. The lowest BCUT2D eigenvalue weighted by atomic mass is 9.86. The zero-order valence-corrected chi connectivity index (χ0v) is 12.0. The Bertz CT molecular complexity index is 482. The van der Waals surface area contributed by atoms with Gasteiger partial charge in [-0.1, -0.05) is 13.3 Å². The molecule has 6 nitrogen and oxygen atoms in total. The van der Waals surface area contributed by atoms with E-state index in [-0.39, 0.29) is 31.2 Å². The highest BCUT2D eigenvalue weighted by molar-refractivity contribution is 5.67. The van der Waals surface area contributed by atoms with Crippen molar-refractivity contribution >= 4 is 5.97 Å². The molecule has 118 valence electrons. The maximum absolute atomic E-state index is 13.2. The van der Waals surface area contributed by atoms with Crippen LogP contribution in [0.3, 0.4) is 0 Å². The van der Waals surface area contributed by atoms with Crippen molar-refractivity contribution in [2.75, 3.05) is 0 Å². The Kier molecular flexibility index (Phi) is 4.84. The van der Waals surface area contributed by atoms with Gasteiger partial charge in [0.2, 0.25) is 5.92 Å². The minimum atomic E-state index is -2.60. The summed E-state index contributed by atoms with van der Waals surface area (Å²) >= 11 is 0. The molecule has 0 radical (unpaired) electrons. The minimum absolute atomic E-state index is 0.0608. The predicted molar refractivity (Wildman–Crippen MR) is 70.2 cm³/mol. The Labute approximate surface area is 121 Å². The molecule has 1 unspecified atom stereocenters. The van der Waals surface area contributed by atoms with E-state index >= 15 is 0 Å². The standard InChI is InChI=1S/C13H20F2N4O2/c1-2-3-10(8-11(20)21)19-12(16-17-18-19)9-4-6-13(14,15)7-5-9/h9-10H,2-8H2,1H3,(H,20,21). The molecule has 1 aliphatic carbocycles. The Balaban J connectivity index is 2.15. The first-order valence-electron chi connectivity index (χ1n) is 7.30. The number of aromatic nitrogens is 4. The SMILES string of the molecule is CCCC(CC(=O)O)n1nnnc1C1CCC(F)(F)CC1. The Morgan fingerprint density at radius 3 is 2.71 bits per heavy atom. The summed E-state index contributed by atoms with van der Waals surface area (Å²) in [5, 5.41) is 20.5. The number of carboxylic acid groups (broad SMARTS) is 1. The van der Waals surface area contributed by atoms with Crippen molar-refractivity contribution in [3.8, 4) is 0 Å². The van der Waals surface area contributed by atoms with E-state index in [2.05, 4.69) is 15.5 Å². The Morgan fingerprint density at radius 1 is 1.48 bits per heavy atom. The van der Waals surface area contributed by atoms with Crippen LogP contribution in [-0.4, -0.2) is 37.2 Å². The molecule has 8 heteroatoms. The van der Waals surface area contributed by atoms with Crippen LogP contribution in [0.2, 0.25) is 0 Å². The first-order chi connectivity index (χ1) is 9.93. The van der Waals surface area contributed by atoms with Gasteiger partial charge >= 0.3 is 5.97 Å². The van der Waals surface area contributed by atoms with Gasteiger partial charge in [0.25, 0.3) is 0 Å². The second kappa shape index (κ2) is 6.44. The van der Waals surface area contributed by atoms with Crippen molar-refractivity contribution in [1.29, 1.82) is 0 Å². The number of hydrogen-bond acceptors (Lipinski definition) is 4. The zero-order valence-electron chi connectivity index (χ0n) is 12.0. The van der Waals surface area contributed by atoms with E-state index in [1.54, 1.807) is 0 Å². The number of aliphatic carboxylic acids is 1. The monoisotopic (exact) mass is 302 g/mol. The van der Waals surface area contributed by atoms with Crippen molar-refractivity contribution in [2.24, 2.45) is 0 Å². The molecule has 1 saturated carbocycles. The summed E-state index contributed by atoms with van der Waals surface area (Å²) in [4.78, 5) is 11.0. The topological polar surface area (TPSA) is 80.9 Å².